The van der Waals surface area contributed by atoms with E-state index >= 15 is 0 Å². The lowest BCUT2D eigenvalue weighted by Gasteiger charge is -2.08. The molecule has 4 rings (SSSR count). The number of pyridine rings is 2. The topological polar surface area (TPSA) is 42.2 Å². The molecule has 0 atom stereocenters. The van der Waals surface area contributed by atoms with Gasteiger partial charge in [-0.15, -0.1) is 0 Å². The van der Waals surface area contributed by atoms with Crippen LogP contribution in [0.3, 0.4) is 0 Å². The van der Waals surface area contributed by atoms with Gasteiger partial charge in [-0.3, -0.25) is 4.40 Å². The molecule has 1 N–H and O–H groups in total. The standard InChI is InChI=1S/C19H14ClFN4/c1-12-19(25-11-14(21)7-10-18(25)22-12)16-3-2-4-17(24-16)23-15-8-5-13(20)6-9-15/h2-11H,1H3,(H,23,24). The van der Waals surface area contributed by atoms with Crippen LogP contribution in [-0.2, 0) is 0 Å². The molecule has 0 amide bonds. The minimum Gasteiger partial charge on any atom is -0.340 e. The molecule has 3 heterocycles. The van der Waals surface area contributed by atoms with E-state index in [2.05, 4.69) is 15.3 Å². The minimum absolute atomic E-state index is 0.318. The van der Waals surface area contributed by atoms with E-state index in [1.165, 1.54) is 12.3 Å². The zero-order valence-electron chi connectivity index (χ0n) is 13.4. The maximum absolute atomic E-state index is 13.6. The van der Waals surface area contributed by atoms with Crippen molar-refractivity contribution >= 4 is 28.8 Å². The van der Waals surface area contributed by atoms with Crippen molar-refractivity contribution in [3.8, 4) is 11.4 Å². The number of fused-ring (bicyclic) bond motifs is 1. The van der Waals surface area contributed by atoms with Crippen LogP contribution >= 0.6 is 11.6 Å². The van der Waals surface area contributed by atoms with Gasteiger partial charge in [-0.25, -0.2) is 14.4 Å². The van der Waals surface area contributed by atoms with Gasteiger partial charge in [0.1, 0.15) is 17.3 Å². The summed E-state index contributed by atoms with van der Waals surface area (Å²) in [5.74, 6) is 0.368. The van der Waals surface area contributed by atoms with Crippen LogP contribution in [0.2, 0.25) is 5.02 Å². The van der Waals surface area contributed by atoms with Crippen LogP contribution in [0.25, 0.3) is 17.0 Å². The van der Waals surface area contributed by atoms with Crippen LogP contribution in [0.1, 0.15) is 5.69 Å². The van der Waals surface area contributed by atoms with Gasteiger partial charge >= 0.3 is 0 Å². The maximum Gasteiger partial charge on any atom is 0.139 e. The number of benzene rings is 1. The van der Waals surface area contributed by atoms with E-state index in [0.717, 1.165) is 22.8 Å². The molecule has 1 aromatic carbocycles. The Bertz CT molecular complexity index is 1060. The van der Waals surface area contributed by atoms with E-state index in [1.54, 1.807) is 10.5 Å². The van der Waals surface area contributed by atoms with Crippen molar-refractivity contribution in [2.24, 2.45) is 0 Å². The first kappa shape index (κ1) is 15.6. The maximum atomic E-state index is 13.6. The zero-order valence-corrected chi connectivity index (χ0v) is 14.1. The molecule has 0 aliphatic carbocycles. The molecule has 0 saturated carbocycles. The summed E-state index contributed by atoms with van der Waals surface area (Å²) in [5.41, 5.74) is 3.85. The molecule has 0 radical (unpaired) electrons. The normalized spacial score (nSPS) is 11.0. The summed E-state index contributed by atoms with van der Waals surface area (Å²) in [4.78, 5) is 9.12. The van der Waals surface area contributed by atoms with Gasteiger partial charge in [0.2, 0.25) is 0 Å². The van der Waals surface area contributed by atoms with Gasteiger partial charge in [-0.2, -0.15) is 0 Å². The van der Waals surface area contributed by atoms with E-state index in [-0.39, 0.29) is 5.82 Å². The van der Waals surface area contributed by atoms with Gasteiger partial charge in [-0.1, -0.05) is 17.7 Å². The van der Waals surface area contributed by atoms with E-state index in [4.69, 9.17) is 11.6 Å². The van der Waals surface area contributed by atoms with Gasteiger partial charge < -0.3 is 5.32 Å². The Morgan fingerprint density at radius 1 is 1.00 bits per heavy atom. The molecule has 4 nitrogen and oxygen atoms in total. The first-order valence-corrected chi connectivity index (χ1v) is 8.12. The van der Waals surface area contributed by atoms with Gasteiger partial charge in [0.15, 0.2) is 0 Å². The highest BCUT2D eigenvalue weighted by Gasteiger charge is 2.13. The Morgan fingerprint density at radius 2 is 1.80 bits per heavy atom. The van der Waals surface area contributed by atoms with E-state index < -0.39 is 0 Å². The number of halogens is 2. The quantitative estimate of drug-likeness (QED) is 0.548. The number of anilines is 2. The third-order valence-electron chi connectivity index (χ3n) is 3.87. The third-order valence-corrected chi connectivity index (χ3v) is 4.12. The number of hydrogen-bond donors (Lipinski definition) is 1. The largest absolute Gasteiger partial charge is 0.340 e. The molecule has 0 aliphatic heterocycles. The summed E-state index contributed by atoms with van der Waals surface area (Å²) in [6.45, 7) is 1.89. The van der Waals surface area contributed by atoms with Crippen molar-refractivity contribution in [2.45, 2.75) is 6.92 Å². The van der Waals surface area contributed by atoms with Gasteiger partial charge in [0.25, 0.3) is 0 Å². The fourth-order valence-electron chi connectivity index (χ4n) is 2.76. The van der Waals surface area contributed by atoms with Crippen LogP contribution in [-0.4, -0.2) is 14.4 Å². The number of nitrogens with one attached hydrogen (secondary N) is 1. The van der Waals surface area contributed by atoms with Crippen molar-refractivity contribution in [1.82, 2.24) is 14.4 Å². The third kappa shape index (κ3) is 3.06. The molecule has 0 fully saturated rings. The van der Waals surface area contributed by atoms with Crippen LogP contribution in [0, 0.1) is 12.7 Å². The molecule has 25 heavy (non-hydrogen) atoms. The molecule has 0 spiro atoms. The Morgan fingerprint density at radius 3 is 2.60 bits per heavy atom. The van der Waals surface area contributed by atoms with Crippen molar-refractivity contribution in [3.63, 3.8) is 0 Å². The molecule has 0 bridgehead atoms. The fraction of sp³-hybridized carbons (Fsp3) is 0.0526. The second kappa shape index (κ2) is 6.18. The highest BCUT2D eigenvalue weighted by molar-refractivity contribution is 6.30. The van der Waals surface area contributed by atoms with Crippen molar-refractivity contribution in [1.29, 1.82) is 0 Å². The summed E-state index contributed by atoms with van der Waals surface area (Å²) < 4.78 is 15.4. The number of imidazole rings is 1. The number of hydrogen-bond acceptors (Lipinski definition) is 3. The number of nitrogens with zero attached hydrogens (tertiary/aromatic N) is 3. The second-order valence-corrected chi connectivity index (χ2v) is 6.10. The highest BCUT2D eigenvalue weighted by atomic mass is 35.5. The molecule has 3 aromatic heterocycles. The molecular formula is C19H14ClFN4. The van der Waals surface area contributed by atoms with Gasteiger partial charge in [0.05, 0.1) is 17.1 Å². The summed E-state index contributed by atoms with van der Waals surface area (Å²) in [5, 5.41) is 3.92. The average Bonchev–Trinajstić information content (AvgIpc) is 2.92. The number of aromatic nitrogens is 3. The molecule has 124 valence electrons. The first-order valence-electron chi connectivity index (χ1n) is 7.74. The summed E-state index contributed by atoms with van der Waals surface area (Å²) in [7, 11) is 0. The van der Waals surface area contributed by atoms with Gasteiger partial charge in [-0.05, 0) is 55.5 Å². The molecule has 6 heteroatoms. The lowest BCUT2D eigenvalue weighted by molar-refractivity contribution is 0.619. The lowest BCUT2D eigenvalue weighted by Crippen LogP contribution is -1.97. The average molecular weight is 353 g/mol. The number of aryl methyl sites for hydroxylation is 1. The van der Waals surface area contributed by atoms with E-state index in [0.29, 0.717) is 16.5 Å². The van der Waals surface area contributed by atoms with Crippen molar-refractivity contribution < 1.29 is 4.39 Å². The molecule has 0 unspecified atom stereocenters. The summed E-state index contributed by atoms with van der Waals surface area (Å²) >= 11 is 5.91. The predicted molar refractivity (Wildman–Crippen MR) is 97.9 cm³/mol. The Labute approximate surface area is 148 Å². The SMILES string of the molecule is Cc1nc2ccc(F)cn2c1-c1cccc(Nc2ccc(Cl)cc2)n1. The molecule has 0 aliphatic rings. The number of rotatable bonds is 3. The fourth-order valence-corrected chi connectivity index (χ4v) is 2.89. The second-order valence-electron chi connectivity index (χ2n) is 5.66. The summed E-state index contributed by atoms with van der Waals surface area (Å²) in [6, 6.07) is 16.1. The molecule has 4 aromatic rings. The monoisotopic (exact) mass is 352 g/mol. The lowest BCUT2D eigenvalue weighted by atomic mass is 10.2. The highest BCUT2D eigenvalue weighted by Crippen LogP contribution is 2.26. The molecule has 0 saturated heterocycles. The Hall–Kier alpha value is -2.92. The van der Waals surface area contributed by atoms with Crippen LogP contribution in [0.15, 0.2) is 60.8 Å². The van der Waals surface area contributed by atoms with E-state index in [9.17, 15) is 4.39 Å². The minimum atomic E-state index is -0.318. The molecular weight excluding hydrogens is 339 g/mol. The Kier molecular flexibility index (Phi) is 3.86. The Balaban J connectivity index is 1.76. The summed E-state index contributed by atoms with van der Waals surface area (Å²) in [6.07, 6.45) is 1.42. The smallest absolute Gasteiger partial charge is 0.139 e. The zero-order chi connectivity index (χ0) is 17.4. The van der Waals surface area contributed by atoms with Crippen LogP contribution in [0.4, 0.5) is 15.9 Å². The van der Waals surface area contributed by atoms with E-state index in [1.807, 2.05) is 49.4 Å². The predicted octanol–water partition coefficient (Wildman–Crippen LogP) is 5.24. The van der Waals surface area contributed by atoms with Crippen LogP contribution in [0.5, 0.6) is 0 Å². The first-order chi connectivity index (χ1) is 12.1. The van der Waals surface area contributed by atoms with Gasteiger partial charge in [0, 0.05) is 16.9 Å². The van der Waals surface area contributed by atoms with Crippen molar-refractivity contribution in [2.75, 3.05) is 5.32 Å². The van der Waals surface area contributed by atoms with Crippen molar-refractivity contribution in [3.05, 3.63) is 77.3 Å². The van der Waals surface area contributed by atoms with Crippen LogP contribution < -0.4 is 5.32 Å².